The number of halogens is 1. The number of aryl methyl sites for hydroxylation is 1. The summed E-state index contributed by atoms with van der Waals surface area (Å²) in [5.41, 5.74) is -0.645. The number of Topliss-reactive ketones (excluding diaryl/α,β-unsaturated/α-hetero) is 1. The Morgan fingerprint density at radius 3 is 2.59 bits per heavy atom. The lowest BCUT2D eigenvalue weighted by atomic mass is 10.2. The molecule has 0 unspecified atom stereocenters. The monoisotopic (exact) mass is 368 g/mol. The number of fused-ring (bicyclic) bond motifs is 1. The number of rotatable bonds is 1. The molecular formula is C13H13BrN4O4. The van der Waals surface area contributed by atoms with Crippen LogP contribution in [0.4, 0.5) is 0 Å². The first-order valence-electron chi connectivity index (χ1n) is 6.52. The summed E-state index contributed by atoms with van der Waals surface area (Å²) in [5.74, 6) is -0.300. The number of carbonyl (C=O) groups is 1. The standard InChI is InChI=1S/C13H13BrN4O4/c1-6-4-7(14)9(19)12(22-6)18-5-15-8-10(18)16(2)13(21)17(3)11(8)20/h4-6,12H,1-3H3/t6-,12-/m0/s1. The van der Waals surface area contributed by atoms with Gasteiger partial charge in [0.15, 0.2) is 11.2 Å². The van der Waals surface area contributed by atoms with Gasteiger partial charge in [-0.1, -0.05) is 0 Å². The minimum absolute atomic E-state index is 0.110. The summed E-state index contributed by atoms with van der Waals surface area (Å²) in [5, 5.41) is 0. The molecule has 0 bridgehead atoms. The second-order valence-corrected chi connectivity index (χ2v) is 5.96. The van der Waals surface area contributed by atoms with Crippen LogP contribution in [0.3, 0.4) is 0 Å². The third kappa shape index (κ3) is 2.00. The Hall–Kier alpha value is -2.00. The van der Waals surface area contributed by atoms with E-state index in [2.05, 4.69) is 20.9 Å². The molecule has 2 aromatic heterocycles. The second-order valence-electron chi connectivity index (χ2n) is 5.10. The molecule has 22 heavy (non-hydrogen) atoms. The molecule has 1 aliphatic heterocycles. The maximum atomic E-state index is 12.3. The Labute approximate surface area is 132 Å². The van der Waals surface area contributed by atoms with Crippen molar-refractivity contribution in [1.82, 2.24) is 18.7 Å². The molecule has 0 radical (unpaired) electrons. The van der Waals surface area contributed by atoms with E-state index >= 15 is 0 Å². The largest absolute Gasteiger partial charge is 0.343 e. The van der Waals surface area contributed by atoms with Crippen LogP contribution in [0, 0.1) is 0 Å². The van der Waals surface area contributed by atoms with E-state index in [4.69, 9.17) is 4.74 Å². The molecule has 2 aromatic rings. The van der Waals surface area contributed by atoms with Gasteiger partial charge in [0, 0.05) is 14.1 Å². The summed E-state index contributed by atoms with van der Waals surface area (Å²) in [6, 6.07) is 0. The second kappa shape index (κ2) is 5.03. The summed E-state index contributed by atoms with van der Waals surface area (Å²) < 4.78 is 9.68. The zero-order valence-corrected chi connectivity index (χ0v) is 13.7. The highest BCUT2D eigenvalue weighted by molar-refractivity contribution is 9.12. The number of hydrogen-bond donors (Lipinski definition) is 0. The molecule has 0 saturated carbocycles. The minimum Gasteiger partial charge on any atom is -0.343 e. The van der Waals surface area contributed by atoms with Crippen LogP contribution >= 0.6 is 15.9 Å². The van der Waals surface area contributed by atoms with Crippen molar-refractivity contribution >= 4 is 32.9 Å². The molecule has 3 rings (SSSR count). The van der Waals surface area contributed by atoms with Crippen molar-refractivity contribution in [2.24, 2.45) is 14.1 Å². The van der Waals surface area contributed by atoms with Gasteiger partial charge < -0.3 is 4.74 Å². The summed E-state index contributed by atoms with van der Waals surface area (Å²) in [6.45, 7) is 1.79. The van der Waals surface area contributed by atoms with Crippen molar-refractivity contribution in [2.45, 2.75) is 19.3 Å². The van der Waals surface area contributed by atoms with E-state index in [1.165, 1.54) is 29.6 Å². The van der Waals surface area contributed by atoms with Crippen molar-refractivity contribution in [3.8, 4) is 0 Å². The average molecular weight is 369 g/mol. The normalized spacial score (nSPS) is 22.2. The molecule has 0 aliphatic carbocycles. The Bertz CT molecular complexity index is 936. The van der Waals surface area contributed by atoms with E-state index in [0.29, 0.717) is 4.48 Å². The first-order valence-corrected chi connectivity index (χ1v) is 7.31. The van der Waals surface area contributed by atoms with E-state index in [1.54, 1.807) is 13.0 Å². The zero-order chi connectivity index (χ0) is 16.2. The smallest absolute Gasteiger partial charge is 0.332 e. The highest BCUT2D eigenvalue weighted by Gasteiger charge is 2.32. The fraction of sp³-hybridized carbons (Fsp3) is 0.385. The summed E-state index contributed by atoms with van der Waals surface area (Å²) >= 11 is 3.21. The average Bonchev–Trinajstić information content (AvgIpc) is 2.91. The van der Waals surface area contributed by atoms with Crippen molar-refractivity contribution in [3.63, 3.8) is 0 Å². The van der Waals surface area contributed by atoms with Crippen molar-refractivity contribution in [2.75, 3.05) is 0 Å². The topological polar surface area (TPSA) is 88.1 Å². The summed E-state index contributed by atoms with van der Waals surface area (Å²) in [4.78, 5) is 40.6. The van der Waals surface area contributed by atoms with Crippen LogP contribution in [-0.4, -0.2) is 30.6 Å². The van der Waals surface area contributed by atoms with E-state index in [-0.39, 0.29) is 23.1 Å². The van der Waals surface area contributed by atoms with Crippen LogP contribution in [0.25, 0.3) is 11.2 Å². The lowest BCUT2D eigenvalue weighted by Gasteiger charge is -2.25. The van der Waals surface area contributed by atoms with Gasteiger partial charge in [0.25, 0.3) is 5.56 Å². The predicted octanol–water partition coefficient (Wildman–Crippen LogP) is 0.199. The van der Waals surface area contributed by atoms with Gasteiger partial charge in [0.1, 0.15) is 0 Å². The molecule has 0 aromatic carbocycles. The summed E-state index contributed by atoms with van der Waals surface area (Å²) in [7, 11) is 2.90. The molecule has 0 saturated heterocycles. The maximum Gasteiger partial charge on any atom is 0.332 e. The first-order chi connectivity index (χ1) is 10.3. The van der Waals surface area contributed by atoms with Gasteiger partial charge in [0.2, 0.25) is 12.0 Å². The van der Waals surface area contributed by atoms with E-state index in [9.17, 15) is 14.4 Å². The molecule has 0 N–H and O–H groups in total. The molecular weight excluding hydrogens is 356 g/mol. The van der Waals surface area contributed by atoms with Gasteiger partial charge in [-0.25, -0.2) is 9.78 Å². The number of aromatic nitrogens is 4. The third-order valence-corrected chi connectivity index (χ3v) is 4.26. The lowest BCUT2D eigenvalue weighted by molar-refractivity contribution is -0.136. The van der Waals surface area contributed by atoms with Crippen LogP contribution in [-0.2, 0) is 23.6 Å². The SMILES string of the molecule is C[C@H]1C=C(Br)C(=O)[C@@H](n2cnc3c(=O)n(C)c(=O)n(C)c32)O1. The quantitative estimate of drug-likeness (QED) is 0.717. The summed E-state index contributed by atoms with van der Waals surface area (Å²) in [6.07, 6.45) is 1.72. The molecule has 1 aliphatic rings. The maximum absolute atomic E-state index is 12.3. The van der Waals surface area contributed by atoms with E-state index in [0.717, 1.165) is 4.57 Å². The minimum atomic E-state index is -0.975. The Kier molecular flexibility index (Phi) is 3.41. The van der Waals surface area contributed by atoms with Gasteiger partial charge in [-0.3, -0.25) is 23.3 Å². The van der Waals surface area contributed by atoms with E-state index in [1.807, 2.05) is 0 Å². The number of ketones is 1. The van der Waals surface area contributed by atoms with Gasteiger partial charge in [-0.2, -0.15) is 0 Å². The molecule has 0 spiro atoms. The molecule has 9 heteroatoms. The van der Waals surface area contributed by atoms with Crippen molar-refractivity contribution in [1.29, 1.82) is 0 Å². The van der Waals surface area contributed by atoms with Crippen LogP contribution in [0.15, 0.2) is 26.5 Å². The van der Waals surface area contributed by atoms with Crippen molar-refractivity contribution in [3.05, 3.63) is 37.7 Å². The van der Waals surface area contributed by atoms with Crippen LogP contribution in [0.2, 0.25) is 0 Å². The van der Waals surface area contributed by atoms with Crippen LogP contribution in [0.5, 0.6) is 0 Å². The first kappa shape index (κ1) is 14.9. The van der Waals surface area contributed by atoms with Crippen LogP contribution < -0.4 is 11.2 Å². The number of imidazole rings is 1. The van der Waals surface area contributed by atoms with Gasteiger partial charge in [-0.05, 0) is 28.9 Å². The highest BCUT2D eigenvalue weighted by Crippen LogP contribution is 2.28. The van der Waals surface area contributed by atoms with Gasteiger partial charge in [-0.15, -0.1) is 0 Å². The van der Waals surface area contributed by atoms with Gasteiger partial charge >= 0.3 is 5.69 Å². The Balaban J connectivity index is 2.30. The molecule has 3 heterocycles. The molecule has 0 amide bonds. The number of nitrogens with zero attached hydrogens (tertiary/aromatic N) is 4. The fourth-order valence-electron chi connectivity index (χ4n) is 2.47. The van der Waals surface area contributed by atoms with Crippen molar-refractivity contribution < 1.29 is 9.53 Å². The zero-order valence-electron chi connectivity index (χ0n) is 12.1. The lowest BCUT2D eigenvalue weighted by Crippen LogP contribution is -2.38. The Morgan fingerprint density at radius 2 is 1.91 bits per heavy atom. The number of ether oxygens (including phenoxy) is 1. The van der Waals surface area contributed by atoms with Crippen LogP contribution in [0.1, 0.15) is 13.2 Å². The number of hydrogen-bond acceptors (Lipinski definition) is 5. The predicted molar refractivity (Wildman–Crippen MR) is 81.8 cm³/mol. The molecule has 0 fully saturated rings. The van der Waals surface area contributed by atoms with Gasteiger partial charge in [0.05, 0.1) is 16.9 Å². The highest BCUT2D eigenvalue weighted by atomic mass is 79.9. The fourth-order valence-corrected chi connectivity index (χ4v) is 3.04. The molecule has 116 valence electrons. The molecule has 2 atom stereocenters. The molecule has 8 nitrogen and oxygen atoms in total. The Morgan fingerprint density at radius 1 is 1.23 bits per heavy atom. The van der Waals surface area contributed by atoms with E-state index < -0.39 is 17.5 Å². The third-order valence-electron chi connectivity index (χ3n) is 3.60. The number of carbonyl (C=O) groups excluding carboxylic acids is 1.